The normalized spacial score (nSPS) is 15.5. The minimum atomic E-state index is 0.586. The number of fused-ring (bicyclic) bond motifs is 1. The van der Waals surface area contributed by atoms with Crippen LogP contribution in [0.5, 0.6) is 0 Å². The van der Waals surface area contributed by atoms with Crippen LogP contribution in [0.2, 0.25) is 0 Å². The van der Waals surface area contributed by atoms with Gasteiger partial charge in [-0.25, -0.2) is 0 Å². The number of allylic oxidation sites excluding steroid dienone is 2. The molecule has 13 heavy (non-hydrogen) atoms. The number of rotatable bonds is 1. The second-order valence-electron chi connectivity index (χ2n) is 3.74. The number of hydrogen-bond acceptors (Lipinski definition) is 2. The number of aromatic nitrogens is 2. The van der Waals surface area contributed by atoms with Crippen LogP contribution in [0.25, 0.3) is 5.57 Å². The summed E-state index contributed by atoms with van der Waals surface area (Å²) >= 11 is 0. The lowest BCUT2D eigenvalue weighted by atomic mass is 9.88. The molecule has 0 amide bonds. The molecule has 0 saturated heterocycles. The minimum absolute atomic E-state index is 0.586. The third kappa shape index (κ3) is 1.48. The van der Waals surface area contributed by atoms with Crippen LogP contribution in [0.15, 0.2) is 18.3 Å². The fourth-order valence-electron chi connectivity index (χ4n) is 1.83. The fourth-order valence-corrected chi connectivity index (χ4v) is 1.83. The summed E-state index contributed by atoms with van der Waals surface area (Å²) in [6.07, 6.45) is 6.26. The van der Waals surface area contributed by atoms with Crippen LogP contribution >= 0.6 is 0 Å². The van der Waals surface area contributed by atoms with Gasteiger partial charge in [-0.1, -0.05) is 19.9 Å². The molecule has 1 aromatic rings. The van der Waals surface area contributed by atoms with Crippen molar-refractivity contribution < 1.29 is 0 Å². The lowest BCUT2D eigenvalue weighted by molar-refractivity contribution is 0.798. The van der Waals surface area contributed by atoms with E-state index < -0.39 is 0 Å². The largest absolute Gasteiger partial charge is 0.159 e. The molecule has 0 atom stereocenters. The summed E-state index contributed by atoms with van der Waals surface area (Å²) in [5.41, 5.74) is 3.89. The molecule has 0 bridgehead atoms. The van der Waals surface area contributed by atoms with Crippen molar-refractivity contribution in [3.05, 3.63) is 29.6 Å². The highest BCUT2D eigenvalue weighted by molar-refractivity contribution is 5.69. The minimum Gasteiger partial charge on any atom is -0.159 e. The average Bonchev–Trinajstić information content (AvgIpc) is 2.17. The summed E-state index contributed by atoms with van der Waals surface area (Å²) in [4.78, 5) is 0. The van der Waals surface area contributed by atoms with Crippen molar-refractivity contribution in [1.29, 1.82) is 0 Å². The van der Waals surface area contributed by atoms with Gasteiger partial charge in [-0.15, -0.1) is 0 Å². The molecule has 2 heteroatoms. The van der Waals surface area contributed by atoms with Crippen LogP contribution in [0.1, 0.15) is 31.5 Å². The summed E-state index contributed by atoms with van der Waals surface area (Å²) in [6, 6.07) is 2.08. The van der Waals surface area contributed by atoms with Crippen molar-refractivity contribution in [3.63, 3.8) is 0 Å². The zero-order valence-electron chi connectivity index (χ0n) is 8.12. The maximum absolute atomic E-state index is 4.16. The first-order chi connectivity index (χ1) is 6.29. The van der Waals surface area contributed by atoms with E-state index in [1.54, 1.807) is 6.20 Å². The molecule has 1 heterocycles. The van der Waals surface area contributed by atoms with Gasteiger partial charge in [0.1, 0.15) is 0 Å². The summed E-state index contributed by atoms with van der Waals surface area (Å²) in [6.45, 7) is 4.45. The van der Waals surface area contributed by atoms with E-state index >= 15 is 0 Å². The smallest absolute Gasteiger partial charge is 0.0709 e. The van der Waals surface area contributed by atoms with Crippen LogP contribution in [0.4, 0.5) is 0 Å². The maximum Gasteiger partial charge on any atom is 0.0709 e. The van der Waals surface area contributed by atoms with Crippen molar-refractivity contribution in [3.8, 4) is 0 Å². The molecule has 1 aliphatic carbocycles. The standard InChI is InChI=1S/C11H14N2/c1-8(2)9-4-3-5-11-10(9)6-7-12-13-11/h4,6-8H,3,5H2,1-2H3. The summed E-state index contributed by atoms with van der Waals surface area (Å²) in [5, 5.41) is 8.08. The van der Waals surface area contributed by atoms with Crippen LogP contribution in [0.3, 0.4) is 0 Å². The molecule has 0 radical (unpaired) electrons. The Balaban J connectivity index is 2.47. The van der Waals surface area contributed by atoms with Gasteiger partial charge in [0.25, 0.3) is 0 Å². The van der Waals surface area contributed by atoms with Crippen molar-refractivity contribution in [2.75, 3.05) is 0 Å². The summed E-state index contributed by atoms with van der Waals surface area (Å²) < 4.78 is 0. The Morgan fingerprint density at radius 1 is 1.38 bits per heavy atom. The SMILES string of the molecule is CC(C)C1=CCCc2nnccc21. The van der Waals surface area contributed by atoms with Gasteiger partial charge in [0.15, 0.2) is 0 Å². The average molecular weight is 174 g/mol. The summed E-state index contributed by atoms with van der Waals surface area (Å²) in [7, 11) is 0. The number of aryl methyl sites for hydroxylation is 1. The van der Waals surface area contributed by atoms with E-state index in [9.17, 15) is 0 Å². The van der Waals surface area contributed by atoms with E-state index in [-0.39, 0.29) is 0 Å². The molecule has 2 rings (SSSR count). The monoisotopic (exact) mass is 174 g/mol. The van der Waals surface area contributed by atoms with Gasteiger partial charge in [0.2, 0.25) is 0 Å². The van der Waals surface area contributed by atoms with Crippen LogP contribution < -0.4 is 0 Å². The Bertz CT molecular complexity index is 340. The predicted octanol–water partition coefficient (Wildman–Crippen LogP) is 2.46. The van der Waals surface area contributed by atoms with Gasteiger partial charge in [-0.3, -0.25) is 0 Å². The van der Waals surface area contributed by atoms with Gasteiger partial charge >= 0.3 is 0 Å². The van der Waals surface area contributed by atoms with E-state index in [0.29, 0.717) is 5.92 Å². The lowest BCUT2D eigenvalue weighted by Gasteiger charge is -2.18. The number of hydrogen-bond donors (Lipinski definition) is 0. The topological polar surface area (TPSA) is 25.8 Å². The lowest BCUT2D eigenvalue weighted by Crippen LogP contribution is -2.06. The molecule has 68 valence electrons. The molecule has 0 aromatic carbocycles. The zero-order chi connectivity index (χ0) is 9.26. The highest BCUT2D eigenvalue weighted by atomic mass is 15.1. The third-order valence-corrected chi connectivity index (χ3v) is 2.48. The molecule has 1 aromatic heterocycles. The van der Waals surface area contributed by atoms with E-state index in [2.05, 4.69) is 36.2 Å². The Labute approximate surface area is 78.7 Å². The van der Waals surface area contributed by atoms with E-state index in [0.717, 1.165) is 18.5 Å². The molecule has 0 spiro atoms. The van der Waals surface area contributed by atoms with Gasteiger partial charge in [0.05, 0.1) is 11.9 Å². The first-order valence-electron chi connectivity index (χ1n) is 4.80. The molecule has 2 nitrogen and oxygen atoms in total. The Morgan fingerprint density at radius 2 is 2.23 bits per heavy atom. The summed E-state index contributed by atoms with van der Waals surface area (Å²) in [5.74, 6) is 0.586. The second-order valence-corrected chi connectivity index (χ2v) is 3.74. The quantitative estimate of drug-likeness (QED) is 0.653. The molecular weight excluding hydrogens is 160 g/mol. The first-order valence-corrected chi connectivity index (χ1v) is 4.80. The van der Waals surface area contributed by atoms with Gasteiger partial charge in [-0.2, -0.15) is 10.2 Å². The highest BCUT2D eigenvalue weighted by Gasteiger charge is 2.15. The zero-order valence-corrected chi connectivity index (χ0v) is 8.12. The first kappa shape index (κ1) is 8.42. The number of nitrogens with zero attached hydrogens (tertiary/aromatic N) is 2. The molecular formula is C11H14N2. The second kappa shape index (κ2) is 3.29. The Hall–Kier alpha value is -1.18. The molecule has 1 aliphatic rings. The van der Waals surface area contributed by atoms with E-state index in [1.807, 2.05) is 0 Å². The Morgan fingerprint density at radius 3 is 3.00 bits per heavy atom. The highest BCUT2D eigenvalue weighted by Crippen LogP contribution is 2.29. The van der Waals surface area contributed by atoms with Crippen molar-refractivity contribution in [1.82, 2.24) is 10.2 Å². The van der Waals surface area contributed by atoms with E-state index in [4.69, 9.17) is 0 Å². The third-order valence-electron chi connectivity index (χ3n) is 2.48. The maximum atomic E-state index is 4.16. The van der Waals surface area contributed by atoms with Gasteiger partial charge in [-0.05, 0) is 30.4 Å². The molecule has 0 fully saturated rings. The fraction of sp³-hybridized carbons (Fsp3) is 0.455. The molecule has 0 N–H and O–H groups in total. The van der Waals surface area contributed by atoms with E-state index in [1.165, 1.54) is 11.1 Å². The van der Waals surface area contributed by atoms with Gasteiger partial charge in [0, 0.05) is 5.56 Å². The van der Waals surface area contributed by atoms with Crippen LogP contribution in [0, 0.1) is 5.92 Å². The molecule has 0 aliphatic heterocycles. The van der Waals surface area contributed by atoms with Crippen molar-refractivity contribution in [2.24, 2.45) is 5.92 Å². The van der Waals surface area contributed by atoms with Gasteiger partial charge < -0.3 is 0 Å². The van der Waals surface area contributed by atoms with Crippen molar-refractivity contribution >= 4 is 5.57 Å². The van der Waals surface area contributed by atoms with Crippen LogP contribution in [-0.4, -0.2) is 10.2 Å². The Kier molecular flexibility index (Phi) is 2.13. The molecule has 0 unspecified atom stereocenters. The molecule has 0 saturated carbocycles. The van der Waals surface area contributed by atoms with Crippen LogP contribution in [-0.2, 0) is 6.42 Å². The van der Waals surface area contributed by atoms with Crippen molar-refractivity contribution in [2.45, 2.75) is 26.7 Å². The predicted molar refractivity (Wildman–Crippen MR) is 53.2 cm³/mol.